The predicted octanol–water partition coefficient (Wildman–Crippen LogP) is 3.64. The van der Waals surface area contributed by atoms with Gasteiger partial charge in [-0.05, 0) is 30.5 Å². The molecule has 1 saturated heterocycles. The number of aryl methyl sites for hydroxylation is 1. The normalized spacial score (nSPS) is 16.8. The summed E-state index contributed by atoms with van der Waals surface area (Å²) in [6.45, 7) is 1.46. The summed E-state index contributed by atoms with van der Waals surface area (Å²) < 4.78 is 3.93. The van der Waals surface area contributed by atoms with E-state index < -0.39 is 0 Å². The van der Waals surface area contributed by atoms with Crippen LogP contribution in [-0.2, 0) is 13.6 Å². The van der Waals surface area contributed by atoms with Gasteiger partial charge in [0.2, 0.25) is 0 Å². The number of anilines is 1. The number of benzene rings is 1. The second kappa shape index (κ2) is 7.07. The number of carbonyl (C=O) groups excluding carboxylic acids is 1. The molecule has 2 amide bonds. The molecule has 2 aromatic heterocycles. The molecule has 1 aliphatic heterocycles. The predicted molar refractivity (Wildman–Crippen MR) is 101 cm³/mol. The van der Waals surface area contributed by atoms with Crippen LogP contribution in [0.25, 0.3) is 0 Å². The lowest BCUT2D eigenvalue weighted by atomic mass is 10.1. The molecule has 3 aromatic rings. The molecule has 1 N–H and O–H groups in total. The zero-order chi connectivity index (χ0) is 17.9. The standard InChI is InChI=1S/C20H23N5O/c1-23-11-5-9-18(23)19-10-6-12-25(19)20(26)22-17-13-21-24(15-17)14-16-7-3-2-4-8-16/h2-5,7-9,11,13,15,19H,6,10,12,14H2,1H3,(H,22,26). The fraction of sp³-hybridized carbons (Fsp3) is 0.300. The van der Waals surface area contributed by atoms with Gasteiger partial charge in [-0.25, -0.2) is 4.79 Å². The molecule has 4 rings (SSSR count). The van der Waals surface area contributed by atoms with Crippen molar-refractivity contribution in [3.63, 3.8) is 0 Å². The third-order valence-corrected chi connectivity index (χ3v) is 4.91. The average molecular weight is 349 g/mol. The Kier molecular flexibility index (Phi) is 4.48. The monoisotopic (exact) mass is 349 g/mol. The molecule has 1 unspecified atom stereocenters. The molecule has 3 heterocycles. The van der Waals surface area contributed by atoms with E-state index in [0.717, 1.165) is 25.1 Å². The molecular weight excluding hydrogens is 326 g/mol. The highest BCUT2D eigenvalue weighted by atomic mass is 16.2. The van der Waals surface area contributed by atoms with Gasteiger partial charge in [-0.15, -0.1) is 0 Å². The molecule has 6 nitrogen and oxygen atoms in total. The first-order valence-corrected chi connectivity index (χ1v) is 8.96. The third kappa shape index (κ3) is 3.35. The second-order valence-electron chi connectivity index (χ2n) is 6.74. The fourth-order valence-electron chi connectivity index (χ4n) is 3.62. The molecule has 0 spiro atoms. The van der Waals surface area contributed by atoms with Crippen molar-refractivity contribution in [2.75, 3.05) is 11.9 Å². The van der Waals surface area contributed by atoms with Gasteiger partial charge in [0.25, 0.3) is 0 Å². The van der Waals surface area contributed by atoms with Crippen LogP contribution in [0.1, 0.15) is 30.1 Å². The first-order chi connectivity index (χ1) is 12.7. The molecule has 1 aliphatic rings. The molecule has 1 fully saturated rings. The number of carbonyl (C=O) groups is 1. The number of rotatable bonds is 4. The highest BCUT2D eigenvalue weighted by molar-refractivity contribution is 5.89. The van der Waals surface area contributed by atoms with E-state index >= 15 is 0 Å². The quantitative estimate of drug-likeness (QED) is 0.782. The third-order valence-electron chi connectivity index (χ3n) is 4.91. The Labute approximate surface area is 153 Å². The number of urea groups is 1. The highest BCUT2D eigenvalue weighted by Crippen LogP contribution is 2.32. The maximum absolute atomic E-state index is 12.8. The summed E-state index contributed by atoms with van der Waals surface area (Å²) >= 11 is 0. The summed E-state index contributed by atoms with van der Waals surface area (Å²) in [7, 11) is 2.03. The van der Waals surface area contributed by atoms with E-state index in [4.69, 9.17) is 0 Å². The van der Waals surface area contributed by atoms with Crippen molar-refractivity contribution in [3.05, 3.63) is 72.3 Å². The number of likely N-dealkylation sites (tertiary alicyclic amines) is 1. The summed E-state index contributed by atoms with van der Waals surface area (Å²) in [5.41, 5.74) is 3.08. The van der Waals surface area contributed by atoms with Crippen molar-refractivity contribution in [3.8, 4) is 0 Å². The number of aromatic nitrogens is 3. The maximum Gasteiger partial charge on any atom is 0.322 e. The van der Waals surface area contributed by atoms with Gasteiger partial charge < -0.3 is 14.8 Å². The molecular formula is C20H23N5O. The molecule has 26 heavy (non-hydrogen) atoms. The van der Waals surface area contributed by atoms with Gasteiger partial charge in [-0.2, -0.15) is 5.10 Å². The van der Waals surface area contributed by atoms with Gasteiger partial charge in [0.15, 0.2) is 0 Å². The number of hydrogen-bond acceptors (Lipinski definition) is 2. The van der Waals surface area contributed by atoms with E-state index in [9.17, 15) is 4.79 Å². The van der Waals surface area contributed by atoms with Crippen molar-refractivity contribution in [2.45, 2.75) is 25.4 Å². The van der Waals surface area contributed by atoms with Gasteiger partial charge in [-0.1, -0.05) is 30.3 Å². The molecule has 0 bridgehead atoms. The van der Waals surface area contributed by atoms with Gasteiger partial charge in [0, 0.05) is 31.7 Å². The number of amides is 2. The Bertz CT molecular complexity index is 883. The summed E-state index contributed by atoms with van der Waals surface area (Å²) in [5.74, 6) is 0. The first-order valence-electron chi connectivity index (χ1n) is 8.96. The number of nitrogens with one attached hydrogen (secondary N) is 1. The minimum atomic E-state index is -0.0621. The van der Waals surface area contributed by atoms with E-state index in [0.29, 0.717) is 6.54 Å². The van der Waals surface area contributed by atoms with E-state index in [1.165, 1.54) is 11.3 Å². The smallest absolute Gasteiger partial charge is 0.322 e. The van der Waals surface area contributed by atoms with Crippen LogP contribution in [0.5, 0.6) is 0 Å². The van der Waals surface area contributed by atoms with Crippen molar-refractivity contribution in [1.82, 2.24) is 19.2 Å². The summed E-state index contributed by atoms with van der Waals surface area (Å²) in [4.78, 5) is 14.7. The summed E-state index contributed by atoms with van der Waals surface area (Å²) in [6, 6.07) is 14.3. The van der Waals surface area contributed by atoms with Crippen molar-refractivity contribution < 1.29 is 4.79 Å². The second-order valence-corrected chi connectivity index (χ2v) is 6.74. The van der Waals surface area contributed by atoms with E-state index in [-0.39, 0.29) is 12.1 Å². The Morgan fingerprint density at radius 3 is 2.85 bits per heavy atom. The topological polar surface area (TPSA) is 55.1 Å². The van der Waals surface area contributed by atoms with Crippen LogP contribution in [0.4, 0.5) is 10.5 Å². The minimum Gasteiger partial charge on any atom is -0.353 e. The zero-order valence-electron chi connectivity index (χ0n) is 14.9. The molecule has 134 valence electrons. The summed E-state index contributed by atoms with van der Waals surface area (Å²) in [5, 5.41) is 7.35. The molecule has 0 aliphatic carbocycles. The van der Waals surface area contributed by atoms with Gasteiger partial charge in [0.05, 0.1) is 24.5 Å². The van der Waals surface area contributed by atoms with Crippen LogP contribution in [0.3, 0.4) is 0 Å². The molecule has 1 aromatic carbocycles. The van der Waals surface area contributed by atoms with Crippen molar-refractivity contribution >= 4 is 11.7 Å². The van der Waals surface area contributed by atoms with Crippen LogP contribution >= 0.6 is 0 Å². The largest absolute Gasteiger partial charge is 0.353 e. The number of nitrogens with zero attached hydrogens (tertiary/aromatic N) is 4. The molecule has 6 heteroatoms. The Balaban J connectivity index is 1.42. The van der Waals surface area contributed by atoms with E-state index in [1.807, 2.05) is 53.3 Å². The van der Waals surface area contributed by atoms with Gasteiger partial charge in [0.1, 0.15) is 0 Å². The van der Waals surface area contributed by atoms with Crippen LogP contribution in [0.15, 0.2) is 61.1 Å². The fourth-order valence-corrected chi connectivity index (χ4v) is 3.62. The van der Waals surface area contributed by atoms with Crippen molar-refractivity contribution in [2.24, 2.45) is 7.05 Å². The van der Waals surface area contributed by atoms with E-state index in [2.05, 4.69) is 33.2 Å². The molecule has 0 radical (unpaired) electrons. The van der Waals surface area contributed by atoms with Crippen LogP contribution in [0, 0.1) is 0 Å². The van der Waals surface area contributed by atoms with Crippen LogP contribution in [0.2, 0.25) is 0 Å². The van der Waals surface area contributed by atoms with Crippen molar-refractivity contribution in [1.29, 1.82) is 0 Å². The summed E-state index contributed by atoms with van der Waals surface area (Å²) in [6.07, 6.45) is 7.62. The van der Waals surface area contributed by atoms with Gasteiger partial charge in [-0.3, -0.25) is 4.68 Å². The molecule has 0 saturated carbocycles. The maximum atomic E-state index is 12.8. The Morgan fingerprint density at radius 2 is 2.08 bits per heavy atom. The SMILES string of the molecule is Cn1cccc1C1CCCN1C(=O)Nc1cnn(Cc2ccccc2)c1. The van der Waals surface area contributed by atoms with Gasteiger partial charge >= 0.3 is 6.03 Å². The first kappa shape index (κ1) is 16.4. The minimum absolute atomic E-state index is 0.0621. The lowest BCUT2D eigenvalue weighted by Crippen LogP contribution is -2.35. The molecule has 1 atom stereocenters. The zero-order valence-corrected chi connectivity index (χ0v) is 14.9. The highest BCUT2D eigenvalue weighted by Gasteiger charge is 2.31. The number of hydrogen-bond donors (Lipinski definition) is 1. The lowest BCUT2D eigenvalue weighted by Gasteiger charge is -2.25. The van der Waals surface area contributed by atoms with E-state index in [1.54, 1.807) is 6.20 Å². The Morgan fingerprint density at radius 1 is 1.23 bits per heavy atom. The average Bonchev–Trinajstić information content (AvgIpc) is 3.36. The lowest BCUT2D eigenvalue weighted by molar-refractivity contribution is 0.205. The van der Waals surface area contributed by atoms with Crippen LogP contribution in [-0.4, -0.2) is 31.8 Å². The van der Waals surface area contributed by atoms with Crippen LogP contribution < -0.4 is 5.32 Å². The Hall–Kier alpha value is -3.02.